The highest BCUT2D eigenvalue weighted by atomic mass is 19.4. The molecule has 1 rings (SSSR count). The first-order chi connectivity index (χ1) is 8.42. The van der Waals surface area contributed by atoms with Crippen molar-refractivity contribution in [3.63, 3.8) is 0 Å². The van der Waals surface area contributed by atoms with Crippen molar-refractivity contribution < 1.29 is 18.0 Å². The van der Waals surface area contributed by atoms with Crippen molar-refractivity contribution in [1.82, 2.24) is 20.4 Å². The van der Waals surface area contributed by atoms with Crippen molar-refractivity contribution in [3.8, 4) is 0 Å². The molecule has 1 heterocycles. The number of carbonyl (C=O) groups excluding carboxylic acids is 1. The van der Waals surface area contributed by atoms with Crippen LogP contribution in [-0.2, 0) is 0 Å². The Morgan fingerprint density at radius 1 is 1.44 bits per heavy atom. The molecular formula is C10H19F3N4O. The molecule has 8 heteroatoms. The van der Waals surface area contributed by atoms with Crippen LogP contribution in [0.25, 0.3) is 0 Å². The lowest BCUT2D eigenvalue weighted by Crippen LogP contribution is -2.43. The molecule has 0 aromatic rings. The van der Waals surface area contributed by atoms with Crippen LogP contribution in [0.15, 0.2) is 0 Å². The lowest BCUT2D eigenvalue weighted by atomic mass is 10.4. The molecule has 0 aromatic heterocycles. The van der Waals surface area contributed by atoms with Gasteiger partial charge in [0.25, 0.3) is 0 Å². The van der Waals surface area contributed by atoms with Crippen molar-refractivity contribution in [2.45, 2.75) is 6.18 Å². The van der Waals surface area contributed by atoms with Gasteiger partial charge >= 0.3 is 12.2 Å². The Morgan fingerprint density at radius 3 is 2.67 bits per heavy atom. The molecule has 0 atom stereocenters. The Hall–Kier alpha value is -1.02. The first-order valence-corrected chi connectivity index (χ1v) is 5.89. The lowest BCUT2D eigenvalue weighted by molar-refractivity contribution is -0.145. The quantitative estimate of drug-likeness (QED) is 0.688. The van der Waals surface area contributed by atoms with Crippen molar-refractivity contribution in [1.29, 1.82) is 0 Å². The fourth-order valence-corrected chi connectivity index (χ4v) is 1.78. The molecule has 1 fully saturated rings. The van der Waals surface area contributed by atoms with E-state index < -0.39 is 12.7 Å². The Morgan fingerprint density at radius 2 is 2.17 bits per heavy atom. The summed E-state index contributed by atoms with van der Waals surface area (Å²) in [5, 5.41) is 5.44. The fraction of sp³-hybridized carbons (Fsp3) is 0.900. The number of nitrogens with zero attached hydrogens (tertiary/aromatic N) is 2. The van der Waals surface area contributed by atoms with Gasteiger partial charge in [-0.1, -0.05) is 0 Å². The van der Waals surface area contributed by atoms with Gasteiger partial charge in [-0.15, -0.1) is 0 Å². The number of urea groups is 1. The molecule has 2 N–H and O–H groups in total. The predicted octanol–water partition coefficient (Wildman–Crippen LogP) is 0.0953. The van der Waals surface area contributed by atoms with Gasteiger partial charge < -0.3 is 15.5 Å². The maximum atomic E-state index is 12.4. The molecule has 0 saturated carbocycles. The molecule has 5 nitrogen and oxygen atoms in total. The van der Waals surface area contributed by atoms with E-state index in [9.17, 15) is 18.0 Å². The van der Waals surface area contributed by atoms with Crippen LogP contribution in [-0.4, -0.2) is 74.9 Å². The van der Waals surface area contributed by atoms with Gasteiger partial charge in [-0.25, -0.2) is 4.79 Å². The van der Waals surface area contributed by atoms with Crippen LogP contribution < -0.4 is 10.6 Å². The first kappa shape index (κ1) is 15.0. The average Bonchev–Trinajstić information content (AvgIpc) is 2.66. The molecule has 0 spiro atoms. The Labute approximate surface area is 104 Å². The summed E-state index contributed by atoms with van der Waals surface area (Å²) in [6.45, 7) is 1.54. The zero-order valence-electron chi connectivity index (χ0n) is 10.4. The summed E-state index contributed by atoms with van der Waals surface area (Å²) in [4.78, 5) is 14.1. The number of carbonyl (C=O) groups is 1. The monoisotopic (exact) mass is 268 g/mol. The first-order valence-electron chi connectivity index (χ1n) is 5.89. The molecule has 1 saturated heterocycles. The number of likely N-dealkylation sites (N-methyl/N-ethyl adjacent to an activating group) is 1. The molecule has 106 valence electrons. The normalized spacial score (nSPS) is 16.5. The van der Waals surface area contributed by atoms with E-state index in [1.165, 1.54) is 9.80 Å². The molecule has 0 unspecified atom stereocenters. The summed E-state index contributed by atoms with van der Waals surface area (Å²) in [7, 11) is 1.69. The number of alkyl halides is 3. The second-order valence-corrected chi connectivity index (χ2v) is 4.21. The molecule has 0 bridgehead atoms. The maximum absolute atomic E-state index is 12.4. The zero-order valence-corrected chi connectivity index (χ0v) is 10.4. The van der Waals surface area contributed by atoms with Crippen LogP contribution in [0.3, 0.4) is 0 Å². The minimum absolute atomic E-state index is 0.199. The number of halogens is 3. The van der Waals surface area contributed by atoms with Crippen molar-refractivity contribution in [2.24, 2.45) is 0 Å². The molecule has 2 amide bonds. The summed E-state index contributed by atoms with van der Waals surface area (Å²) in [5.41, 5.74) is 0. The van der Waals surface area contributed by atoms with Crippen LogP contribution in [0.1, 0.15) is 0 Å². The second-order valence-electron chi connectivity index (χ2n) is 4.21. The minimum Gasteiger partial charge on any atom is -0.336 e. The molecule has 0 radical (unpaired) electrons. The third kappa shape index (κ3) is 5.54. The van der Waals surface area contributed by atoms with Crippen molar-refractivity contribution >= 4 is 6.03 Å². The highest BCUT2D eigenvalue weighted by Crippen LogP contribution is 2.16. The molecule has 0 aliphatic carbocycles. The van der Waals surface area contributed by atoms with E-state index in [1.807, 2.05) is 0 Å². The number of hydrogen-bond acceptors (Lipinski definition) is 3. The van der Waals surface area contributed by atoms with Crippen LogP contribution in [0.4, 0.5) is 18.0 Å². The van der Waals surface area contributed by atoms with Gasteiger partial charge in [-0.3, -0.25) is 4.90 Å². The highest BCUT2D eigenvalue weighted by Gasteiger charge is 2.31. The minimum atomic E-state index is -4.21. The van der Waals surface area contributed by atoms with E-state index in [0.717, 1.165) is 0 Å². The van der Waals surface area contributed by atoms with E-state index in [1.54, 1.807) is 7.05 Å². The SMILES string of the molecule is CNCCN(CCN1CCNC1=O)CC(F)(F)F. The van der Waals surface area contributed by atoms with Gasteiger partial charge in [0, 0.05) is 39.3 Å². The van der Waals surface area contributed by atoms with Crippen LogP contribution in [0, 0.1) is 0 Å². The van der Waals surface area contributed by atoms with Crippen LogP contribution in [0.5, 0.6) is 0 Å². The molecule has 1 aliphatic heterocycles. The van der Waals surface area contributed by atoms with Gasteiger partial charge in [0.05, 0.1) is 6.54 Å². The van der Waals surface area contributed by atoms with E-state index in [0.29, 0.717) is 32.7 Å². The van der Waals surface area contributed by atoms with Gasteiger partial charge in [0.15, 0.2) is 0 Å². The number of hydrogen-bond donors (Lipinski definition) is 2. The second kappa shape index (κ2) is 6.79. The predicted molar refractivity (Wildman–Crippen MR) is 61.4 cm³/mol. The number of amides is 2. The highest BCUT2D eigenvalue weighted by molar-refractivity contribution is 5.76. The Balaban J connectivity index is 2.37. The van der Waals surface area contributed by atoms with E-state index in [-0.39, 0.29) is 12.6 Å². The van der Waals surface area contributed by atoms with E-state index >= 15 is 0 Å². The van der Waals surface area contributed by atoms with Gasteiger partial charge in [0.2, 0.25) is 0 Å². The third-order valence-corrected chi connectivity index (χ3v) is 2.71. The number of rotatable bonds is 7. The summed E-state index contributed by atoms with van der Waals surface area (Å²) in [5.74, 6) is 0. The molecule has 0 aromatic carbocycles. The summed E-state index contributed by atoms with van der Waals surface area (Å²) in [6, 6.07) is -0.199. The largest absolute Gasteiger partial charge is 0.401 e. The Kier molecular flexibility index (Phi) is 5.67. The topological polar surface area (TPSA) is 47.6 Å². The zero-order chi connectivity index (χ0) is 13.6. The maximum Gasteiger partial charge on any atom is 0.401 e. The Bertz CT molecular complexity index is 272. The smallest absolute Gasteiger partial charge is 0.336 e. The summed E-state index contributed by atoms with van der Waals surface area (Å²) < 4.78 is 37.1. The lowest BCUT2D eigenvalue weighted by Gasteiger charge is -2.25. The average molecular weight is 268 g/mol. The van der Waals surface area contributed by atoms with Crippen LogP contribution >= 0.6 is 0 Å². The van der Waals surface area contributed by atoms with Gasteiger partial charge in [-0.05, 0) is 7.05 Å². The molecular weight excluding hydrogens is 249 g/mol. The summed E-state index contributed by atoms with van der Waals surface area (Å²) >= 11 is 0. The number of nitrogens with one attached hydrogen (secondary N) is 2. The standard InChI is InChI=1S/C10H19F3N4O/c1-14-2-4-16(8-10(11,12)13)6-7-17-5-3-15-9(17)18/h14H,2-8H2,1H3,(H,15,18). The summed E-state index contributed by atoms with van der Waals surface area (Å²) in [6.07, 6.45) is -4.21. The van der Waals surface area contributed by atoms with Gasteiger partial charge in [-0.2, -0.15) is 13.2 Å². The van der Waals surface area contributed by atoms with Crippen LogP contribution in [0.2, 0.25) is 0 Å². The molecule has 1 aliphatic rings. The molecule has 18 heavy (non-hydrogen) atoms. The fourth-order valence-electron chi connectivity index (χ4n) is 1.78. The van der Waals surface area contributed by atoms with Crippen molar-refractivity contribution in [3.05, 3.63) is 0 Å². The third-order valence-electron chi connectivity index (χ3n) is 2.71. The van der Waals surface area contributed by atoms with Crippen molar-refractivity contribution in [2.75, 3.05) is 52.9 Å². The van der Waals surface area contributed by atoms with E-state index in [2.05, 4.69) is 10.6 Å². The van der Waals surface area contributed by atoms with Gasteiger partial charge in [0.1, 0.15) is 0 Å². The van der Waals surface area contributed by atoms with E-state index in [4.69, 9.17) is 0 Å².